The number of aryl methyl sites for hydroxylation is 1. The van der Waals surface area contributed by atoms with Crippen molar-refractivity contribution in [1.29, 1.82) is 0 Å². The summed E-state index contributed by atoms with van der Waals surface area (Å²) >= 11 is 0. The summed E-state index contributed by atoms with van der Waals surface area (Å²) in [5.74, 6) is 2.23. The van der Waals surface area contributed by atoms with E-state index >= 15 is 0 Å². The maximum absolute atomic E-state index is 6.79. The van der Waals surface area contributed by atoms with Crippen molar-refractivity contribution in [2.24, 2.45) is 4.99 Å². The monoisotopic (exact) mass is 887 g/mol. The van der Waals surface area contributed by atoms with E-state index in [0.29, 0.717) is 11.5 Å². The number of nitrogens with zero attached hydrogens (tertiary/aromatic N) is 4. The molecule has 54 heavy (non-hydrogen) atoms. The summed E-state index contributed by atoms with van der Waals surface area (Å²) in [5, 5.41) is 2.30. The van der Waals surface area contributed by atoms with Gasteiger partial charge in [0.1, 0.15) is 5.65 Å². The Bertz CT molecular complexity index is 2570. The number of amidine groups is 1. The summed E-state index contributed by atoms with van der Waals surface area (Å²) in [5.41, 5.74) is 11.2. The Labute approximate surface area is 333 Å². The first-order chi connectivity index (χ1) is 25.4. The summed E-state index contributed by atoms with van der Waals surface area (Å²) in [4.78, 5) is 12.8. The molecule has 6 heteroatoms. The minimum atomic E-state index is -0.130. The molecule has 0 unspecified atom stereocenters. The fourth-order valence-electron chi connectivity index (χ4n) is 8.04. The van der Waals surface area contributed by atoms with Crippen molar-refractivity contribution in [3.8, 4) is 17.2 Å². The zero-order valence-corrected chi connectivity index (χ0v) is 34.1. The van der Waals surface area contributed by atoms with E-state index in [1.165, 1.54) is 27.6 Å². The maximum atomic E-state index is 6.79. The first-order valence-corrected chi connectivity index (χ1v) is 18.6. The first kappa shape index (κ1) is 36.0. The molecule has 9 rings (SSSR count). The van der Waals surface area contributed by atoms with Crippen LogP contribution in [0.5, 0.6) is 11.5 Å². The number of hydrogen-bond acceptors (Lipinski definition) is 4. The molecule has 0 saturated carbocycles. The third-order valence-corrected chi connectivity index (χ3v) is 10.8. The van der Waals surface area contributed by atoms with Gasteiger partial charge in [-0.15, -0.1) is 35.4 Å². The van der Waals surface area contributed by atoms with Gasteiger partial charge < -0.3 is 19.2 Å². The molecular weight excluding hydrogens is 844 g/mol. The van der Waals surface area contributed by atoms with Gasteiger partial charge in [-0.25, -0.2) is 4.98 Å². The van der Waals surface area contributed by atoms with Crippen LogP contribution in [0.3, 0.4) is 0 Å². The molecule has 0 saturated heterocycles. The van der Waals surface area contributed by atoms with Crippen LogP contribution in [-0.4, -0.2) is 20.3 Å². The van der Waals surface area contributed by atoms with Gasteiger partial charge in [0.25, 0.3) is 0 Å². The van der Waals surface area contributed by atoms with Crippen molar-refractivity contribution in [2.75, 3.05) is 0 Å². The number of benzene rings is 5. The van der Waals surface area contributed by atoms with Crippen LogP contribution in [0.1, 0.15) is 92.6 Å². The molecule has 4 heterocycles. The van der Waals surface area contributed by atoms with Gasteiger partial charge in [0.15, 0.2) is 0 Å². The van der Waals surface area contributed by atoms with Crippen molar-refractivity contribution in [2.45, 2.75) is 77.9 Å². The molecule has 0 spiro atoms. The molecule has 0 bridgehead atoms. The Morgan fingerprint density at radius 1 is 0.722 bits per heavy atom. The van der Waals surface area contributed by atoms with Crippen molar-refractivity contribution in [3.05, 3.63) is 166 Å². The average molecular weight is 888 g/mol. The minimum absolute atomic E-state index is 0. The number of aliphatic imine (C=N–C) groups is 1. The summed E-state index contributed by atoms with van der Waals surface area (Å²) < 4.78 is 9.00. The van der Waals surface area contributed by atoms with Crippen LogP contribution in [0, 0.1) is 19.1 Å². The average Bonchev–Trinajstić information content (AvgIpc) is 3.80. The second-order valence-corrected chi connectivity index (χ2v) is 16.7. The number of aromatic nitrogens is 2. The Hall–Kier alpha value is -4.99. The molecular formula is C48H44N4OPt. The molecule has 2 atom stereocenters. The van der Waals surface area contributed by atoms with E-state index in [-0.39, 0.29) is 44.0 Å². The van der Waals surface area contributed by atoms with Gasteiger partial charge in [-0.05, 0) is 57.3 Å². The molecule has 5 nitrogen and oxygen atoms in total. The zero-order chi connectivity index (χ0) is 36.6. The van der Waals surface area contributed by atoms with Gasteiger partial charge in [-0.2, -0.15) is 5.56 Å². The summed E-state index contributed by atoms with van der Waals surface area (Å²) in [6, 6.07) is 46.4. The largest absolute Gasteiger partial charge is 2.00 e. The normalized spacial score (nSPS) is 16.6. The number of fused-ring (bicyclic) bond motifs is 6. The van der Waals surface area contributed by atoms with Crippen molar-refractivity contribution in [1.82, 2.24) is 14.5 Å². The third kappa shape index (κ3) is 6.27. The molecule has 7 aromatic rings. The Morgan fingerprint density at radius 2 is 1.46 bits per heavy atom. The molecule has 2 aliphatic rings. The smallest absolute Gasteiger partial charge is 0.503 e. The van der Waals surface area contributed by atoms with Crippen LogP contribution < -0.4 is 4.74 Å². The predicted octanol–water partition coefficient (Wildman–Crippen LogP) is 11.5. The first-order valence-electron chi connectivity index (χ1n) is 18.6. The van der Waals surface area contributed by atoms with E-state index in [1.807, 2.05) is 18.3 Å². The number of rotatable bonds is 5. The van der Waals surface area contributed by atoms with Crippen LogP contribution in [0.25, 0.3) is 27.6 Å². The molecule has 0 N–H and O–H groups in total. The van der Waals surface area contributed by atoms with E-state index < -0.39 is 0 Å². The molecule has 0 aliphatic carbocycles. The molecule has 0 amide bonds. The third-order valence-electron chi connectivity index (χ3n) is 10.8. The van der Waals surface area contributed by atoms with Crippen LogP contribution in [0.4, 0.5) is 0 Å². The molecule has 0 fully saturated rings. The Kier molecular flexibility index (Phi) is 8.93. The van der Waals surface area contributed by atoms with E-state index in [0.717, 1.165) is 51.3 Å². The van der Waals surface area contributed by atoms with Crippen molar-refractivity contribution < 1.29 is 25.8 Å². The number of hydrogen-bond donors (Lipinski definition) is 0. The standard InChI is InChI=1S/C48H44N4O.Pt/c1-30-22-36(52-42-20-19-34(47(2,3)4)27-41(42)40-18-13-21-49-46(40)52)28-37(23-30)53-38-25-33(24-35(26-38)48(5,6)7)45-50-43(31-14-9-8-10-15-31)44-39-17-12-11-16-32(39)29-51(44)45;/h8-24,26-27,43-44H,29H2,1-7H3;/q-2;+2/t43-,44+;/m1./s1. The van der Waals surface area contributed by atoms with Crippen molar-refractivity contribution >= 4 is 27.8 Å². The minimum Gasteiger partial charge on any atom is -0.503 e. The summed E-state index contributed by atoms with van der Waals surface area (Å²) in [6.07, 6.45) is 1.86. The summed E-state index contributed by atoms with van der Waals surface area (Å²) in [7, 11) is 0. The molecule has 272 valence electrons. The van der Waals surface area contributed by atoms with Crippen molar-refractivity contribution in [3.63, 3.8) is 0 Å². The maximum Gasteiger partial charge on any atom is 2.00 e. The van der Waals surface area contributed by atoms with E-state index in [2.05, 4.69) is 167 Å². The summed E-state index contributed by atoms with van der Waals surface area (Å²) in [6.45, 7) is 16.4. The van der Waals surface area contributed by atoms with Crippen LogP contribution >= 0.6 is 0 Å². The second-order valence-electron chi connectivity index (χ2n) is 16.7. The van der Waals surface area contributed by atoms with Crippen LogP contribution in [0.15, 0.2) is 120 Å². The quantitative estimate of drug-likeness (QED) is 0.162. The van der Waals surface area contributed by atoms with E-state index in [1.54, 1.807) is 0 Å². The molecule has 2 aliphatic heterocycles. The Morgan fingerprint density at radius 3 is 2.24 bits per heavy atom. The van der Waals surface area contributed by atoms with E-state index in [4.69, 9.17) is 14.7 Å². The van der Waals surface area contributed by atoms with Gasteiger partial charge in [0, 0.05) is 40.8 Å². The fourth-order valence-corrected chi connectivity index (χ4v) is 8.04. The number of ether oxygens (including phenoxy) is 1. The number of pyridine rings is 1. The molecule has 5 aromatic carbocycles. The SMILES string of the molecule is Cc1cc(Oc2[c-]c(C3=N[C@H](c4ccccc4)[C@@H]4c5ccccc5CN34)cc(C(C)(C)C)c2)[c-]c(-n2c3ccc(C(C)(C)C)cc3c3cccnc32)c1.[Pt+2]. The van der Waals surface area contributed by atoms with Gasteiger partial charge in [0.05, 0.1) is 17.6 Å². The zero-order valence-electron chi connectivity index (χ0n) is 31.8. The van der Waals surface area contributed by atoms with Gasteiger partial charge in [-0.1, -0.05) is 127 Å². The fraction of sp³-hybridized carbons (Fsp3) is 0.250. The van der Waals surface area contributed by atoms with Gasteiger partial charge >= 0.3 is 21.1 Å². The topological polar surface area (TPSA) is 42.6 Å². The van der Waals surface area contributed by atoms with Crippen LogP contribution in [0.2, 0.25) is 0 Å². The van der Waals surface area contributed by atoms with Gasteiger partial charge in [-0.3, -0.25) is 0 Å². The van der Waals surface area contributed by atoms with Crippen LogP contribution in [-0.2, 0) is 38.4 Å². The molecule has 2 aromatic heterocycles. The van der Waals surface area contributed by atoms with E-state index in [9.17, 15) is 0 Å². The second kappa shape index (κ2) is 13.4. The Balaban J connectivity index is 0.00000413. The van der Waals surface area contributed by atoms with Gasteiger partial charge in [0.2, 0.25) is 0 Å². The predicted molar refractivity (Wildman–Crippen MR) is 215 cm³/mol. The molecule has 0 radical (unpaired) electrons.